The zero-order valence-electron chi connectivity index (χ0n) is 12.0. The number of benzene rings is 1. The number of hydrogen-bond acceptors (Lipinski definition) is 3. The standard InChI is InChI=1S/C15H17ClN2O2/c1-9(2)18-14(13(20-4)8-17-18)15(19)11-6-5-10(3)7-12(11)16/h5-9H,1-4H3. The Morgan fingerprint density at radius 3 is 2.65 bits per heavy atom. The summed E-state index contributed by atoms with van der Waals surface area (Å²) in [6.45, 7) is 5.85. The van der Waals surface area contributed by atoms with Gasteiger partial charge in [-0.3, -0.25) is 9.48 Å². The molecule has 0 aliphatic rings. The molecule has 0 bridgehead atoms. The Hall–Kier alpha value is -1.81. The van der Waals surface area contributed by atoms with Crippen LogP contribution in [0.5, 0.6) is 5.75 Å². The summed E-state index contributed by atoms with van der Waals surface area (Å²) in [5.74, 6) is 0.276. The van der Waals surface area contributed by atoms with Crippen LogP contribution < -0.4 is 4.74 Å². The van der Waals surface area contributed by atoms with Gasteiger partial charge in [-0.2, -0.15) is 5.10 Å². The Labute approximate surface area is 123 Å². The number of nitrogens with zero attached hydrogens (tertiary/aromatic N) is 2. The first kappa shape index (κ1) is 14.6. The molecule has 0 saturated heterocycles. The van der Waals surface area contributed by atoms with E-state index in [4.69, 9.17) is 16.3 Å². The van der Waals surface area contributed by atoms with Crippen molar-refractivity contribution >= 4 is 17.4 Å². The van der Waals surface area contributed by atoms with E-state index in [2.05, 4.69) is 5.10 Å². The molecular formula is C15H17ClN2O2. The Morgan fingerprint density at radius 2 is 2.10 bits per heavy atom. The summed E-state index contributed by atoms with van der Waals surface area (Å²) in [6.07, 6.45) is 1.55. The maximum Gasteiger partial charge on any atom is 0.216 e. The lowest BCUT2D eigenvalue weighted by molar-refractivity contribution is 0.102. The fourth-order valence-electron chi connectivity index (χ4n) is 2.04. The summed E-state index contributed by atoms with van der Waals surface area (Å²) >= 11 is 6.18. The highest BCUT2D eigenvalue weighted by atomic mass is 35.5. The molecule has 0 aliphatic heterocycles. The number of aromatic nitrogens is 2. The molecule has 0 radical (unpaired) electrons. The highest BCUT2D eigenvalue weighted by Gasteiger charge is 2.23. The van der Waals surface area contributed by atoms with Gasteiger partial charge in [0.15, 0.2) is 11.4 Å². The second-order valence-electron chi connectivity index (χ2n) is 4.91. The van der Waals surface area contributed by atoms with Gasteiger partial charge < -0.3 is 4.74 Å². The predicted molar refractivity (Wildman–Crippen MR) is 78.8 cm³/mol. The van der Waals surface area contributed by atoms with Crippen LogP contribution in [0.2, 0.25) is 5.02 Å². The largest absolute Gasteiger partial charge is 0.493 e. The maximum atomic E-state index is 12.7. The maximum absolute atomic E-state index is 12.7. The SMILES string of the molecule is COc1cnn(C(C)C)c1C(=O)c1ccc(C)cc1Cl. The summed E-state index contributed by atoms with van der Waals surface area (Å²) < 4.78 is 6.89. The minimum Gasteiger partial charge on any atom is -0.493 e. The summed E-state index contributed by atoms with van der Waals surface area (Å²) in [4.78, 5) is 12.7. The molecule has 1 heterocycles. The van der Waals surface area contributed by atoms with Crippen molar-refractivity contribution in [2.24, 2.45) is 0 Å². The van der Waals surface area contributed by atoms with E-state index < -0.39 is 0 Å². The smallest absolute Gasteiger partial charge is 0.216 e. The normalized spacial score (nSPS) is 10.9. The van der Waals surface area contributed by atoms with Gasteiger partial charge in [-0.1, -0.05) is 17.7 Å². The number of ketones is 1. The minimum atomic E-state index is -0.182. The average molecular weight is 293 g/mol. The van der Waals surface area contributed by atoms with Gasteiger partial charge in [0.1, 0.15) is 0 Å². The lowest BCUT2D eigenvalue weighted by Crippen LogP contribution is -2.14. The molecule has 0 atom stereocenters. The van der Waals surface area contributed by atoms with E-state index in [1.54, 1.807) is 23.0 Å². The quantitative estimate of drug-likeness (QED) is 0.808. The summed E-state index contributed by atoms with van der Waals surface area (Å²) in [7, 11) is 1.52. The summed E-state index contributed by atoms with van der Waals surface area (Å²) in [5.41, 5.74) is 1.89. The van der Waals surface area contributed by atoms with E-state index >= 15 is 0 Å². The molecule has 5 heteroatoms. The first-order chi connectivity index (χ1) is 9.45. The van der Waals surface area contributed by atoms with E-state index in [0.29, 0.717) is 22.0 Å². The molecule has 2 aromatic rings. The van der Waals surface area contributed by atoms with Crippen LogP contribution in [0.4, 0.5) is 0 Å². The molecule has 106 valence electrons. The first-order valence-corrected chi connectivity index (χ1v) is 6.75. The summed E-state index contributed by atoms with van der Waals surface area (Å²) in [5, 5.41) is 4.65. The lowest BCUT2D eigenvalue weighted by Gasteiger charge is -2.12. The second-order valence-corrected chi connectivity index (χ2v) is 5.32. The highest BCUT2D eigenvalue weighted by molar-refractivity contribution is 6.35. The summed E-state index contributed by atoms with van der Waals surface area (Å²) in [6, 6.07) is 5.43. The molecule has 2 rings (SSSR count). The molecule has 4 nitrogen and oxygen atoms in total. The van der Waals surface area contributed by atoms with Crippen molar-refractivity contribution < 1.29 is 9.53 Å². The Morgan fingerprint density at radius 1 is 1.40 bits per heavy atom. The van der Waals surface area contributed by atoms with Crippen LogP contribution in [-0.2, 0) is 0 Å². The Kier molecular flexibility index (Phi) is 4.14. The van der Waals surface area contributed by atoms with Gasteiger partial charge in [-0.25, -0.2) is 0 Å². The fraction of sp³-hybridized carbons (Fsp3) is 0.333. The van der Waals surface area contributed by atoms with Crippen molar-refractivity contribution in [1.29, 1.82) is 0 Å². The van der Waals surface area contributed by atoms with Crippen LogP contribution >= 0.6 is 11.6 Å². The van der Waals surface area contributed by atoms with Crippen LogP contribution in [-0.4, -0.2) is 22.7 Å². The molecule has 0 N–H and O–H groups in total. The van der Waals surface area contributed by atoms with Gasteiger partial charge in [-0.15, -0.1) is 0 Å². The Bertz CT molecular complexity index is 647. The lowest BCUT2D eigenvalue weighted by atomic mass is 10.1. The Balaban J connectivity index is 2.55. The zero-order valence-corrected chi connectivity index (χ0v) is 12.7. The number of aryl methyl sites for hydroxylation is 1. The molecule has 0 aliphatic carbocycles. The molecular weight excluding hydrogens is 276 g/mol. The molecule has 0 fully saturated rings. The molecule has 0 spiro atoms. The van der Waals surface area contributed by atoms with Gasteiger partial charge in [0, 0.05) is 11.6 Å². The molecule has 0 saturated carbocycles. The third-order valence-electron chi connectivity index (χ3n) is 3.06. The van der Waals surface area contributed by atoms with Crippen LogP contribution in [0.15, 0.2) is 24.4 Å². The van der Waals surface area contributed by atoms with Gasteiger partial charge >= 0.3 is 0 Å². The number of carbonyl (C=O) groups excluding carboxylic acids is 1. The van der Waals surface area contributed by atoms with Gasteiger partial charge in [0.05, 0.1) is 18.3 Å². The molecule has 1 aromatic heterocycles. The third kappa shape index (κ3) is 2.56. The van der Waals surface area contributed by atoms with Crippen molar-refractivity contribution in [2.75, 3.05) is 7.11 Å². The number of methoxy groups -OCH3 is 1. The fourth-order valence-corrected chi connectivity index (χ4v) is 2.36. The topological polar surface area (TPSA) is 44.1 Å². The van der Waals surface area contributed by atoms with Crippen LogP contribution in [0.25, 0.3) is 0 Å². The molecule has 0 amide bonds. The number of rotatable bonds is 4. The van der Waals surface area contributed by atoms with Gasteiger partial charge in [-0.05, 0) is 38.5 Å². The third-order valence-corrected chi connectivity index (χ3v) is 3.37. The molecule has 1 aromatic carbocycles. The first-order valence-electron chi connectivity index (χ1n) is 6.38. The van der Waals surface area contributed by atoms with Crippen LogP contribution in [0.1, 0.15) is 41.5 Å². The predicted octanol–water partition coefficient (Wildman–Crippen LogP) is 3.67. The highest BCUT2D eigenvalue weighted by Crippen LogP contribution is 2.27. The van der Waals surface area contributed by atoms with E-state index in [1.165, 1.54) is 7.11 Å². The number of ether oxygens (including phenoxy) is 1. The van der Waals surface area contributed by atoms with Crippen molar-refractivity contribution in [3.05, 3.63) is 46.2 Å². The van der Waals surface area contributed by atoms with E-state index in [1.807, 2.05) is 26.8 Å². The van der Waals surface area contributed by atoms with Gasteiger partial charge in [0.2, 0.25) is 5.78 Å². The zero-order chi connectivity index (χ0) is 14.9. The van der Waals surface area contributed by atoms with Crippen molar-refractivity contribution in [3.8, 4) is 5.75 Å². The van der Waals surface area contributed by atoms with E-state index in [-0.39, 0.29) is 11.8 Å². The van der Waals surface area contributed by atoms with Crippen molar-refractivity contribution in [3.63, 3.8) is 0 Å². The van der Waals surface area contributed by atoms with Crippen molar-refractivity contribution in [2.45, 2.75) is 26.8 Å². The number of halogens is 1. The van der Waals surface area contributed by atoms with E-state index in [9.17, 15) is 4.79 Å². The molecule has 20 heavy (non-hydrogen) atoms. The minimum absolute atomic E-state index is 0.0575. The number of hydrogen-bond donors (Lipinski definition) is 0. The number of carbonyl (C=O) groups is 1. The second kappa shape index (κ2) is 5.67. The molecule has 0 unspecified atom stereocenters. The van der Waals surface area contributed by atoms with Crippen LogP contribution in [0, 0.1) is 6.92 Å². The average Bonchev–Trinajstić information content (AvgIpc) is 2.81. The van der Waals surface area contributed by atoms with Crippen molar-refractivity contribution in [1.82, 2.24) is 9.78 Å². The monoisotopic (exact) mass is 292 g/mol. The van der Waals surface area contributed by atoms with Gasteiger partial charge in [0.25, 0.3) is 0 Å². The van der Waals surface area contributed by atoms with Crippen LogP contribution in [0.3, 0.4) is 0 Å². The van der Waals surface area contributed by atoms with E-state index in [0.717, 1.165) is 5.56 Å².